The highest BCUT2D eigenvalue weighted by molar-refractivity contribution is 7.86. The molecule has 27 heavy (non-hydrogen) atoms. The van der Waals surface area contributed by atoms with Crippen LogP contribution in [0.15, 0.2) is 29.2 Å². The Bertz CT molecular complexity index is 796. The molecule has 0 saturated carbocycles. The van der Waals surface area contributed by atoms with Gasteiger partial charge in [0, 0.05) is 6.42 Å². The van der Waals surface area contributed by atoms with Gasteiger partial charge in [0.2, 0.25) is 0 Å². The normalized spacial score (nSPS) is 20.4. The smallest absolute Gasteiger partial charge is 0.411 e. The van der Waals surface area contributed by atoms with Crippen molar-refractivity contribution in [1.82, 2.24) is 4.90 Å². The van der Waals surface area contributed by atoms with Gasteiger partial charge < -0.3 is 9.47 Å². The van der Waals surface area contributed by atoms with E-state index in [1.165, 1.54) is 19.2 Å². The molecule has 1 fully saturated rings. The summed E-state index contributed by atoms with van der Waals surface area (Å²) >= 11 is 0. The third-order valence-electron chi connectivity index (χ3n) is 3.94. The first-order valence-corrected chi connectivity index (χ1v) is 9.91. The highest BCUT2D eigenvalue weighted by Crippen LogP contribution is 2.27. The minimum absolute atomic E-state index is 0.00297. The number of carbonyl (C=O) groups is 2. The van der Waals surface area contributed by atoms with Crippen molar-refractivity contribution in [2.45, 2.75) is 56.8 Å². The van der Waals surface area contributed by atoms with Gasteiger partial charge >= 0.3 is 12.1 Å². The third-order valence-corrected chi connectivity index (χ3v) is 5.31. The molecule has 0 N–H and O–H groups in total. The van der Waals surface area contributed by atoms with Crippen molar-refractivity contribution in [2.75, 3.05) is 13.7 Å². The summed E-state index contributed by atoms with van der Waals surface area (Å²) in [6.45, 7) is 6.84. The molecule has 2 rings (SSSR count). The number of hydrogen-bond donors (Lipinski definition) is 0. The summed E-state index contributed by atoms with van der Waals surface area (Å²) in [4.78, 5) is 25.6. The molecule has 0 radical (unpaired) electrons. The molecular formula is C18H25NO7S. The van der Waals surface area contributed by atoms with Crippen molar-refractivity contribution in [1.29, 1.82) is 0 Å². The fourth-order valence-electron chi connectivity index (χ4n) is 2.69. The number of benzene rings is 1. The Morgan fingerprint density at radius 3 is 2.26 bits per heavy atom. The number of hydrogen-bond acceptors (Lipinski definition) is 7. The van der Waals surface area contributed by atoms with Gasteiger partial charge in [0.1, 0.15) is 11.6 Å². The van der Waals surface area contributed by atoms with Gasteiger partial charge in [-0.3, -0.25) is 9.08 Å². The van der Waals surface area contributed by atoms with E-state index in [-0.39, 0.29) is 17.9 Å². The molecule has 1 amide bonds. The van der Waals surface area contributed by atoms with Gasteiger partial charge in [-0.15, -0.1) is 0 Å². The van der Waals surface area contributed by atoms with E-state index in [2.05, 4.69) is 0 Å². The van der Waals surface area contributed by atoms with Crippen LogP contribution in [0, 0.1) is 6.92 Å². The van der Waals surface area contributed by atoms with Crippen LogP contribution in [-0.4, -0.2) is 56.8 Å². The molecular weight excluding hydrogens is 374 g/mol. The van der Waals surface area contributed by atoms with E-state index in [4.69, 9.17) is 13.7 Å². The average molecular weight is 399 g/mol. The molecule has 0 aliphatic carbocycles. The number of aryl methyl sites for hydroxylation is 1. The number of nitrogens with zero attached hydrogens (tertiary/aromatic N) is 1. The summed E-state index contributed by atoms with van der Waals surface area (Å²) in [7, 11) is -2.83. The number of amides is 1. The molecule has 0 aromatic heterocycles. The molecule has 0 spiro atoms. The molecule has 1 aromatic rings. The van der Waals surface area contributed by atoms with Crippen molar-refractivity contribution in [3.05, 3.63) is 29.8 Å². The molecule has 1 aromatic carbocycles. The maximum atomic E-state index is 12.5. The molecule has 0 bridgehead atoms. The summed E-state index contributed by atoms with van der Waals surface area (Å²) < 4.78 is 40.3. The van der Waals surface area contributed by atoms with Crippen molar-refractivity contribution < 1.29 is 31.7 Å². The quantitative estimate of drug-likeness (QED) is 0.565. The fraction of sp³-hybridized carbons (Fsp3) is 0.556. The van der Waals surface area contributed by atoms with Crippen molar-refractivity contribution >= 4 is 22.2 Å². The largest absolute Gasteiger partial charge is 0.467 e. The molecule has 2 atom stereocenters. The van der Waals surface area contributed by atoms with Crippen LogP contribution in [0.1, 0.15) is 32.8 Å². The lowest BCUT2D eigenvalue weighted by Gasteiger charge is -2.27. The minimum atomic E-state index is -4.03. The van der Waals surface area contributed by atoms with Crippen LogP contribution in [0.2, 0.25) is 0 Å². The lowest BCUT2D eigenvalue weighted by Crippen LogP contribution is -2.44. The second kappa shape index (κ2) is 7.85. The second-order valence-electron chi connectivity index (χ2n) is 7.39. The van der Waals surface area contributed by atoms with Crippen molar-refractivity contribution in [2.24, 2.45) is 0 Å². The number of carbonyl (C=O) groups excluding carboxylic acids is 2. The summed E-state index contributed by atoms with van der Waals surface area (Å²) in [6, 6.07) is 5.25. The van der Waals surface area contributed by atoms with E-state index in [0.29, 0.717) is 0 Å². The second-order valence-corrected chi connectivity index (χ2v) is 8.96. The first-order valence-electron chi connectivity index (χ1n) is 8.50. The zero-order valence-corrected chi connectivity index (χ0v) is 16.9. The maximum absolute atomic E-state index is 12.5. The van der Waals surface area contributed by atoms with Crippen LogP contribution in [0.25, 0.3) is 0 Å². The lowest BCUT2D eigenvalue weighted by atomic mass is 10.2. The molecule has 1 aliphatic rings. The van der Waals surface area contributed by atoms with Crippen LogP contribution in [0.4, 0.5) is 4.79 Å². The molecule has 9 heteroatoms. The number of ether oxygens (including phenoxy) is 2. The van der Waals surface area contributed by atoms with E-state index in [9.17, 15) is 18.0 Å². The third kappa shape index (κ3) is 5.43. The van der Waals surface area contributed by atoms with Crippen LogP contribution in [0.3, 0.4) is 0 Å². The molecule has 2 unspecified atom stereocenters. The molecule has 150 valence electrons. The average Bonchev–Trinajstić information content (AvgIpc) is 2.96. The van der Waals surface area contributed by atoms with Crippen LogP contribution in [-0.2, 0) is 28.6 Å². The zero-order valence-electron chi connectivity index (χ0n) is 16.1. The van der Waals surface area contributed by atoms with E-state index >= 15 is 0 Å². The van der Waals surface area contributed by atoms with Gasteiger partial charge in [-0.05, 0) is 39.8 Å². The Kier molecular flexibility index (Phi) is 6.16. The van der Waals surface area contributed by atoms with Crippen molar-refractivity contribution in [3.8, 4) is 0 Å². The Hall–Kier alpha value is -2.13. The summed E-state index contributed by atoms with van der Waals surface area (Å²) in [6.07, 6.45) is -1.61. The Morgan fingerprint density at radius 1 is 1.15 bits per heavy atom. The summed E-state index contributed by atoms with van der Waals surface area (Å²) in [5, 5.41) is 0. The van der Waals surface area contributed by atoms with E-state index in [1.54, 1.807) is 32.9 Å². The first kappa shape index (κ1) is 21.2. The standard InChI is InChI=1S/C18H25NO7S/c1-12-6-8-14(9-7-12)27(22,23)26-13-10-15(16(20)24-5)19(11-13)17(21)25-18(2,3)4/h6-9,13,15H,10-11H2,1-5H3. The fourth-order valence-corrected chi connectivity index (χ4v) is 3.77. The van der Waals surface area contributed by atoms with E-state index in [0.717, 1.165) is 10.5 Å². The monoisotopic (exact) mass is 399 g/mol. The van der Waals surface area contributed by atoms with Crippen LogP contribution >= 0.6 is 0 Å². The minimum Gasteiger partial charge on any atom is -0.467 e. The Balaban J connectivity index is 2.18. The van der Waals surface area contributed by atoms with Gasteiger partial charge in [-0.25, -0.2) is 9.59 Å². The van der Waals surface area contributed by atoms with Gasteiger partial charge in [-0.2, -0.15) is 8.42 Å². The molecule has 8 nitrogen and oxygen atoms in total. The highest BCUT2D eigenvalue weighted by Gasteiger charge is 2.44. The van der Waals surface area contributed by atoms with Crippen LogP contribution < -0.4 is 0 Å². The Morgan fingerprint density at radius 2 is 1.74 bits per heavy atom. The lowest BCUT2D eigenvalue weighted by molar-refractivity contribution is -0.145. The number of rotatable bonds is 4. The van der Waals surface area contributed by atoms with Crippen molar-refractivity contribution in [3.63, 3.8) is 0 Å². The molecule has 1 saturated heterocycles. The Labute approximate surface area is 159 Å². The maximum Gasteiger partial charge on any atom is 0.411 e. The van der Waals surface area contributed by atoms with Gasteiger partial charge in [0.15, 0.2) is 0 Å². The van der Waals surface area contributed by atoms with Crippen LogP contribution in [0.5, 0.6) is 0 Å². The van der Waals surface area contributed by atoms with E-state index < -0.39 is 39.9 Å². The summed E-state index contributed by atoms with van der Waals surface area (Å²) in [5.74, 6) is -0.653. The predicted octanol–water partition coefficient (Wildman–Crippen LogP) is 2.25. The van der Waals surface area contributed by atoms with Gasteiger partial charge in [0.25, 0.3) is 10.1 Å². The zero-order chi connectivity index (χ0) is 20.4. The number of likely N-dealkylation sites (tertiary alicyclic amines) is 1. The molecule has 1 aliphatic heterocycles. The number of esters is 1. The van der Waals surface area contributed by atoms with Gasteiger partial charge in [-0.1, -0.05) is 17.7 Å². The number of methoxy groups -OCH3 is 1. The first-order chi connectivity index (χ1) is 12.4. The highest BCUT2D eigenvalue weighted by atomic mass is 32.2. The van der Waals surface area contributed by atoms with E-state index in [1.807, 2.05) is 6.92 Å². The summed E-state index contributed by atoms with van der Waals surface area (Å²) in [5.41, 5.74) is 0.154. The SMILES string of the molecule is COC(=O)C1CC(OS(=O)(=O)c2ccc(C)cc2)CN1C(=O)OC(C)(C)C. The predicted molar refractivity (Wildman–Crippen MR) is 96.6 cm³/mol. The molecule has 1 heterocycles. The van der Waals surface area contributed by atoms with Gasteiger partial charge in [0.05, 0.1) is 24.7 Å². The topological polar surface area (TPSA) is 99.2 Å².